The van der Waals surface area contributed by atoms with E-state index in [9.17, 15) is 8.42 Å². The van der Waals surface area contributed by atoms with Crippen LogP contribution in [0.2, 0.25) is 0 Å². The lowest BCUT2D eigenvalue weighted by molar-refractivity contribution is 0.414. The zero-order valence-corrected chi connectivity index (χ0v) is 12.8. The van der Waals surface area contributed by atoms with Crippen LogP contribution in [-0.4, -0.2) is 24.3 Å². The first-order chi connectivity index (χ1) is 9.99. The monoisotopic (exact) mass is 308 g/mol. The fourth-order valence-electron chi connectivity index (χ4n) is 3.07. The molecule has 2 unspecified atom stereocenters. The Morgan fingerprint density at radius 1 is 1.43 bits per heavy atom. The van der Waals surface area contributed by atoms with Crippen LogP contribution in [0.5, 0.6) is 0 Å². The molecule has 1 fully saturated rings. The van der Waals surface area contributed by atoms with Gasteiger partial charge in [-0.3, -0.25) is 4.40 Å². The predicted molar refractivity (Wildman–Crippen MR) is 81.3 cm³/mol. The number of sulfonamides is 1. The average molecular weight is 308 g/mol. The van der Waals surface area contributed by atoms with E-state index in [2.05, 4.69) is 16.6 Å². The summed E-state index contributed by atoms with van der Waals surface area (Å²) in [5.74, 6) is 1.00. The summed E-state index contributed by atoms with van der Waals surface area (Å²) >= 11 is 0. The number of nitrogens with two attached hydrogens (primary N) is 1. The summed E-state index contributed by atoms with van der Waals surface area (Å²) in [6, 6.07) is 5.28. The van der Waals surface area contributed by atoms with Gasteiger partial charge in [-0.2, -0.15) is 0 Å². The molecule has 0 aliphatic heterocycles. The first kappa shape index (κ1) is 14.3. The molecule has 21 heavy (non-hydrogen) atoms. The third kappa shape index (κ3) is 2.63. The van der Waals surface area contributed by atoms with Crippen molar-refractivity contribution in [3.05, 3.63) is 24.4 Å². The summed E-state index contributed by atoms with van der Waals surface area (Å²) in [7, 11) is -3.66. The van der Waals surface area contributed by atoms with Crippen LogP contribution in [0.15, 0.2) is 29.4 Å². The molecule has 0 amide bonds. The van der Waals surface area contributed by atoms with E-state index < -0.39 is 10.0 Å². The van der Waals surface area contributed by atoms with Gasteiger partial charge in [0, 0.05) is 12.7 Å². The lowest BCUT2D eigenvalue weighted by Gasteiger charge is -2.16. The van der Waals surface area contributed by atoms with Crippen LogP contribution in [-0.2, 0) is 10.0 Å². The Hall–Kier alpha value is -1.60. The molecule has 1 aliphatic carbocycles. The van der Waals surface area contributed by atoms with E-state index >= 15 is 0 Å². The van der Waals surface area contributed by atoms with E-state index in [0.29, 0.717) is 24.0 Å². The topological polar surface area (TPSA) is 89.5 Å². The molecule has 0 aromatic carbocycles. The number of anilines is 1. The highest BCUT2D eigenvalue weighted by atomic mass is 32.2. The van der Waals surface area contributed by atoms with Crippen molar-refractivity contribution in [1.82, 2.24) is 14.1 Å². The fraction of sp³-hybridized carbons (Fsp3) is 0.500. The van der Waals surface area contributed by atoms with Crippen molar-refractivity contribution in [2.75, 3.05) is 12.3 Å². The van der Waals surface area contributed by atoms with Gasteiger partial charge in [0.2, 0.25) is 0 Å². The summed E-state index contributed by atoms with van der Waals surface area (Å²) in [6.07, 6.45) is 5.08. The van der Waals surface area contributed by atoms with Crippen LogP contribution in [0.3, 0.4) is 0 Å². The maximum Gasteiger partial charge on any atom is 0.260 e. The van der Waals surface area contributed by atoms with Gasteiger partial charge < -0.3 is 5.73 Å². The molecule has 114 valence electrons. The molecule has 0 spiro atoms. The van der Waals surface area contributed by atoms with Crippen molar-refractivity contribution in [2.45, 2.75) is 31.2 Å². The Morgan fingerprint density at radius 3 is 2.95 bits per heavy atom. The largest absolute Gasteiger partial charge is 0.381 e. The van der Waals surface area contributed by atoms with Crippen LogP contribution < -0.4 is 10.5 Å². The number of pyridine rings is 1. The lowest BCUT2D eigenvalue weighted by atomic mass is 9.99. The maximum atomic E-state index is 12.5. The van der Waals surface area contributed by atoms with E-state index in [-0.39, 0.29) is 10.8 Å². The molecular formula is C14H20N4O2S. The number of aromatic nitrogens is 2. The van der Waals surface area contributed by atoms with E-state index in [1.165, 1.54) is 17.2 Å². The summed E-state index contributed by atoms with van der Waals surface area (Å²) in [4.78, 5) is 4.10. The van der Waals surface area contributed by atoms with Crippen LogP contribution in [0.4, 0.5) is 5.82 Å². The van der Waals surface area contributed by atoms with Gasteiger partial charge in [-0.1, -0.05) is 25.8 Å². The molecule has 7 heteroatoms. The second-order valence-corrected chi connectivity index (χ2v) is 7.43. The average Bonchev–Trinajstić information content (AvgIpc) is 2.99. The summed E-state index contributed by atoms with van der Waals surface area (Å²) < 4.78 is 29.3. The van der Waals surface area contributed by atoms with Gasteiger partial charge in [-0.05, 0) is 30.4 Å². The second-order valence-electron chi connectivity index (χ2n) is 5.75. The van der Waals surface area contributed by atoms with E-state index in [1.54, 1.807) is 24.4 Å². The molecule has 0 saturated heterocycles. The summed E-state index contributed by atoms with van der Waals surface area (Å²) in [5, 5.41) is 0.0313. The van der Waals surface area contributed by atoms with Gasteiger partial charge in [-0.15, -0.1) is 0 Å². The zero-order chi connectivity index (χ0) is 15.0. The number of hydrogen-bond donors (Lipinski definition) is 2. The summed E-state index contributed by atoms with van der Waals surface area (Å²) in [5.41, 5.74) is 6.33. The van der Waals surface area contributed by atoms with Gasteiger partial charge >= 0.3 is 0 Å². The highest BCUT2D eigenvalue weighted by Crippen LogP contribution is 2.31. The third-order valence-electron chi connectivity index (χ3n) is 4.34. The molecule has 1 aliphatic rings. The van der Waals surface area contributed by atoms with E-state index in [4.69, 9.17) is 5.73 Å². The number of fused-ring (bicyclic) bond motifs is 1. The Balaban J connectivity index is 1.88. The minimum absolute atomic E-state index is 0.0313. The number of nitrogens with zero attached hydrogens (tertiary/aromatic N) is 2. The normalized spacial score (nSPS) is 22.9. The minimum atomic E-state index is -3.66. The predicted octanol–water partition coefficient (Wildman–Crippen LogP) is 1.63. The Labute approximate surface area is 124 Å². The molecule has 6 nitrogen and oxygen atoms in total. The highest BCUT2D eigenvalue weighted by Gasteiger charge is 2.28. The molecule has 2 aromatic rings. The van der Waals surface area contributed by atoms with E-state index in [1.807, 2.05) is 0 Å². The van der Waals surface area contributed by atoms with Crippen molar-refractivity contribution in [2.24, 2.45) is 11.8 Å². The Morgan fingerprint density at radius 2 is 2.24 bits per heavy atom. The van der Waals surface area contributed by atoms with E-state index in [0.717, 1.165) is 6.42 Å². The highest BCUT2D eigenvalue weighted by molar-refractivity contribution is 7.89. The lowest BCUT2D eigenvalue weighted by Crippen LogP contribution is -2.31. The van der Waals surface area contributed by atoms with Gasteiger partial charge in [0.15, 0.2) is 10.8 Å². The molecular weight excluding hydrogens is 288 g/mol. The van der Waals surface area contributed by atoms with Gasteiger partial charge in [0.25, 0.3) is 10.0 Å². The van der Waals surface area contributed by atoms with Crippen molar-refractivity contribution in [3.8, 4) is 0 Å². The van der Waals surface area contributed by atoms with Crippen LogP contribution in [0, 0.1) is 11.8 Å². The zero-order valence-electron chi connectivity index (χ0n) is 12.0. The molecule has 2 atom stereocenters. The molecule has 3 rings (SSSR count). The number of rotatable bonds is 4. The van der Waals surface area contributed by atoms with Crippen LogP contribution in [0.1, 0.15) is 26.2 Å². The molecule has 3 N–H and O–H groups in total. The fourth-order valence-corrected chi connectivity index (χ4v) is 4.37. The van der Waals surface area contributed by atoms with Crippen molar-refractivity contribution >= 4 is 21.5 Å². The van der Waals surface area contributed by atoms with Crippen LogP contribution in [0.25, 0.3) is 5.65 Å². The smallest absolute Gasteiger partial charge is 0.260 e. The number of nitrogen functional groups attached to an aromatic ring is 1. The first-order valence-corrected chi connectivity index (χ1v) is 8.69. The summed E-state index contributed by atoms with van der Waals surface area (Å²) in [6.45, 7) is 2.64. The SMILES string of the molecule is CC1CCCC1CNS(=O)(=O)c1c(N)nc2ccccn12. The van der Waals surface area contributed by atoms with Gasteiger partial charge in [0.05, 0.1) is 0 Å². The Bertz CT molecular complexity index is 753. The third-order valence-corrected chi connectivity index (χ3v) is 5.80. The quantitative estimate of drug-likeness (QED) is 0.898. The number of imidazole rings is 1. The standard InChI is InChI=1S/C14H20N4O2S/c1-10-5-4-6-11(10)9-16-21(19,20)14-13(15)17-12-7-2-3-8-18(12)14/h2-3,7-8,10-11,16H,4-6,9,15H2,1H3. The molecule has 2 heterocycles. The van der Waals surface area contributed by atoms with Crippen LogP contribution >= 0.6 is 0 Å². The van der Waals surface area contributed by atoms with Gasteiger partial charge in [0.1, 0.15) is 5.65 Å². The molecule has 0 radical (unpaired) electrons. The van der Waals surface area contributed by atoms with Crippen molar-refractivity contribution in [1.29, 1.82) is 0 Å². The van der Waals surface area contributed by atoms with Crippen molar-refractivity contribution < 1.29 is 8.42 Å². The first-order valence-electron chi connectivity index (χ1n) is 7.21. The minimum Gasteiger partial charge on any atom is -0.381 e. The number of nitrogens with one attached hydrogen (secondary N) is 1. The van der Waals surface area contributed by atoms with Crippen molar-refractivity contribution in [3.63, 3.8) is 0 Å². The molecule has 0 bridgehead atoms. The van der Waals surface area contributed by atoms with Gasteiger partial charge in [-0.25, -0.2) is 18.1 Å². The molecule has 2 aromatic heterocycles. The Kier molecular flexibility index (Phi) is 3.62. The number of hydrogen-bond acceptors (Lipinski definition) is 4. The molecule has 1 saturated carbocycles. The maximum absolute atomic E-state index is 12.5. The second kappa shape index (κ2) is 5.31.